The molecule has 0 saturated heterocycles. The van der Waals surface area contributed by atoms with Crippen molar-refractivity contribution < 1.29 is 0 Å². The van der Waals surface area contributed by atoms with Gasteiger partial charge in [0.25, 0.3) is 0 Å². The topological polar surface area (TPSA) is 35.8 Å². The molecule has 0 aliphatic heterocycles. The number of halogens is 1. The van der Waals surface area contributed by atoms with E-state index >= 15 is 0 Å². The summed E-state index contributed by atoms with van der Waals surface area (Å²) in [6, 6.07) is 8.43. The lowest BCUT2D eigenvalue weighted by molar-refractivity contribution is 0.655. The fourth-order valence-corrected chi connectivity index (χ4v) is 1.75. The predicted molar refractivity (Wildman–Crippen MR) is 65.4 cm³/mol. The molecule has 1 aromatic carbocycles. The zero-order valence-corrected chi connectivity index (χ0v) is 10.5. The molecule has 0 unspecified atom stereocenters. The number of nitrogens with zero attached hydrogens (tertiary/aromatic N) is 1. The van der Waals surface area contributed by atoms with E-state index in [2.05, 4.69) is 52.4 Å². The molecular weight excluding hydrogens is 252 g/mol. The molecule has 0 saturated carbocycles. The van der Waals surface area contributed by atoms with Gasteiger partial charge in [0.15, 0.2) is 0 Å². The van der Waals surface area contributed by atoms with Crippen LogP contribution in [0.25, 0.3) is 0 Å². The zero-order chi connectivity index (χ0) is 11.1. The van der Waals surface area contributed by atoms with Crippen molar-refractivity contribution in [1.29, 1.82) is 5.26 Å². The van der Waals surface area contributed by atoms with E-state index in [1.807, 2.05) is 0 Å². The molecule has 0 amide bonds. The van der Waals surface area contributed by atoms with E-state index < -0.39 is 0 Å². The van der Waals surface area contributed by atoms with Crippen molar-refractivity contribution in [1.82, 2.24) is 5.32 Å². The van der Waals surface area contributed by atoms with Gasteiger partial charge in [0.05, 0.1) is 6.07 Å². The van der Waals surface area contributed by atoms with Crippen LogP contribution >= 0.6 is 15.9 Å². The third-order valence-corrected chi connectivity index (χ3v) is 2.76. The molecule has 0 bridgehead atoms. The Bertz CT molecular complexity index is 355. The second kappa shape index (κ2) is 6.60. The number of nitrogens with one attached hydrogen (secondary N) is 1. The van der Waals surface area contributed by atoms with Crippen LogP contribution in [0.15, 0.2) is 22.7 Å². The highest BCUT2D eigenvalue weighted by molar-refractivity contribution is 9.10. The fraction of sp³-hybridized carbons (Fsp3) is 0.417. The number of rotatable bonds is 5. The van der Waals surface area contributed by atoms with E-state index in [1.54, 1.807) is 0 Å². The maximum atomic E-state index is 8.38. The summed E-state index contributed by atoms with van der Waals surface area (Å²) in [5.41, 5.74) is 2.60. The molecule has 0 fully saturated rings. The summed E-state index contributed by atoms with van der Waals surface area (Å²) in [4.78, 5) is 0. The summed E-state index contributed by atoms with van der Waals surface area (Å²) in [6.07, 6.45) is 1.55. The minimum absolute atomic E-state index is 0.629. The van der Waals surface area contributed by atoms with Gasteiger partial charge in [-0.2, -0.15) is 5.26 Å². The summed E-state index contributed by atoms with van der Waals surface area (Å²) in [5, 5.41) is 11.7. The van der Waals surface area contributed by atoms with Crippen molar-refractivity contribution in [2.24, 2.45) is 0 Å². The van der Waals surface area contributed by atoms with Crippen molar-refractivity contribution in [3.05, 3.63) is 33.8 Å². The Morgan fingerprint density at radius 3 is 3.00 bits per heavy atom. The van der Waals surface area contributed by atoms with Gasteiger partial charge in [-0.1, -0.05) is 22.0 Å². The van der Waals surface area contributed by atoms with Crippen LogP contribution in [0.1, 0.15) is 24.0 Å². The minimum atomic E-state index is 0.629. The number of hydrogen-bond acceptors (Lipinski definition) is 2. The molecule has 0 atom stereocenters. The summed E-state index contributed by atoms with van der Waals surface area (Å²) in [7, 11) is 0. The van der Waals surface area contributed by atoms with Gasteiger partial charge in [0.2, 0.25) is 0 Å². The Morgan fingerprint density at radius 1 is 1.47 bits per heavy atom. The van der Waals surface area contributed by atoms with Crippen molar-refractivity contribution in [3.8, 4) is 6.07 Å². The smallest absolute Gasteiger partial charge is 0.0622 e. The largest absolute Gasteiger partial charge is 0.313 e. The standard InChI is InChI=1S/C12H15BrN2/c1-10-4-5-12(13)8-11(10)9-15-7-3-2-6-14/h4-5,8,15H,2-3,7,9H2,1H3. The maximum absolute atomic E-state index is 8.38. The van der Waals surface area contributed by atoms with Crippen LogP contribution in [0.3, 0.4) is 0 Å². The Kier molecular flexibility index (Phi) is 5.38. The molecule has 0 spiro atoms. The highest BCUT2D eigenvalue weighted by atomic mass is 79.9. The monoisotopic (exact) mass is 266 g/mol. The summed E-state index contributed by atoms with van der Waals surface area (Å²) in [5.74, 6) is 0. The third kappa shape index (κ3) is 4.46. The normalized spacial score (nSPS) is 9.93. The molecular formula is C12H15BrN2. The molecule has 1 N–H and O–H groups in total. The molecule has 0 aromatic heterocycles. The first-order valence-corrected chi connectivity index (χ1v) is 5.86. The molecule has 0 aliphatic carbocycles. The second-order valence-corrected chi connectivity index (χ2v) is 4.42. The fourth-order valence-electron chi connectivity index (χ4n) is 1.35. The Morgan fingerprint density at radius 2 is 2.27 bits per heavy atom. The van der Waals surface area contributed by atoms with Crippen LogP contribution in [-0.2, 0) is 6.54 Å². The van der Waals surface area contributed by atoms with Gasteiger partial charge in [-0.25, -0.2) is 0 Å². The minimum Gasteiger partial charge on any atom is -0.313 e. The molecule has 1 aromatic rings. The molecule has 15 heavy (non-hydrogen) atoms. The molecule has 1 rings (SSSR count). The van der Waals surface area contributed by atoms with Gasteiger partial charge in [0.1, 0.15) is 0 Å². The number of unbranched alkanes of at least 4 members (excludes halogenated alkanes) is 1. The van der Waals surface area contributed by atoms with Crippen LogP contribution in [0, 0.1) is 18.3 Å². The molecule has 0 radical (unpaired) electrons. The first kappa shape index (κ1) is 12.2. The van der Waals surface area contributed by atoms with Gasteiger partial charge in [-0.15, -0.1) is 0 Å². The van der Waals surface area contributed by atoms with Gasteiger partial charge < -0.3 is 5.32 Å². The number of hydrogen-bond donors (Lipinski definition) is 1. The van der Waals surface area contributed by atoms with Crippen molar-refractivity contribution in [2.75, 3.05) is 6.54 Å². The summed E-state index contributed by atoms with van der Waals surface area (Å²) < 4.78 is 1.11. The van der Waals surface area contributed by atoms with E-state index in [0.29, 0.717) is 6.42 Å². The lowest BCUT2D eigenvalue weighted by Crippen LogP contribution is -2.15. The van der Waals surface area contributed by atoms with E-state index in [9.17, 15) is 0 Å². The van der Waals surface area contributed by atoms with Crippen LogP contribution in [0.2, 0.25) is 0 Å². The Hall–Kier alpha value is -0.850. The molecule has 0 aliphatic rings. The zero-order valence-electron chi connectivity index (χ0n) is 8.89. The highest BCUT2D eigenvalue weighted by Crippen LogP contribution is 2.15. The average Bonchev–Trinajstić information content (AvgIpc) is 2.23. The second-order valence-electron chi connectivity index (χ2n) is 3.51. The Labute approximate surface area is 99.4 Å². The quantitative estimate of drug-likeness (QED) is 0.832. The summed E-state index contributed by atoms with van der Waals surface area (Å²) in [6.45, 7) is 3.88. The van der Waals surface area contributed by atoms with E-state index in [4.69, 9.17) is 5.26 Å². The molecule has 0 heterocycles. The van der Waals surface area contributed by atoms with Crippen molar-refractivity contribution >= 4 is 15.9 Å². The van der Waals surface area contributed by atoms with Gasteiger partial charge in [-0.05, 0) is 43.1 Å². The SMILES string of the molecule is Cc1ccc(Br)cc1CNCCCC#N. The molecule has 2 nitrogen and oxygen atoms in total. The van der Waals surface area contributed by atoms with Crippen LogP contribution in [-0.4, -0.2) is 6.54 Å². The van der Waals surface area contributed by atoms with Crippen LogP contribution < -0.4 is 5.32 Å². The maximum Gasteiger partial charge on any atom is 0.0622 e. The lowest BCUT2D eigenvalue weighted by atomic mass is 10.1. The van der Waals surface area contributed by atoms with Gasteiger partial charge >= 0.3 is 0 Å². The average molecular weight is 267 g/mol. The lowest BCUT2D eigenvalue weighted by Gasteiger charge is -2.07. The first-order valence-electron chi connectivity index (χ1n) is 5.06. The first-order chi connectivity index (χ1) is 7.24. The number of aryl methyl sites for hydroxylation is 1. The predicted octanol–water partition coefficient (Wildman–Crippen LogP) is 3.15. The van der Waals surface area contributed by atoms with Crippen molar-refractivity contribution in [2.45, 2.75) is 26.3 Å². The summed E-state index contributed by atoms with van der Waals surface area (Å²) >= 11 is 3.46. The molecule has 80 valence electrons. The van der Waals surface area contributed by atoms with Gasteiger partial charge in [0, 0.05) is 17.4 Å². The van der Waals surface area contributed by atoms with E-state index in [1.165, 1.54) is 11.1 Å². The third-order valence-electron chi connectivity index (χ3n) is 2.27. The van der Waals surface area contributed by atoms with Gasteiger partial charge in [-0.3, -0.25) is 0 Å². The number of benzene rings is 1. The van der Waals surface area contributed by atoms with E-state index in [0.717, 1.165) is 24.0 Å². The highest BCUT2D eigenvalue weighted by Gasteiger charge is 1.98. The Balaban J connectivity index is 2.37. The number of nitriles is 1. The van der Waals surface area contributed by atoms with Crippen LogP contribution in [0.5, 0.6) is 0 Å². The van der Waals surface area contributed by atoms with Crippen molar-refractivity contribution in [3.63, 3.8) is 0 Å². The van der Waals surface area contributed by atoms with E-state index in [-0.39, 0.29) is 0 Å². The van der Waals surface area contributed by atoms with Crippen LogP contribution in [0.4, 0.5) is 0 Å². The molecule has 3 heteroatoms.